The van der Waals surface area contributed by atoms with E-state index in [-0.39, 0.29) is 24.1 Å². The smallest absolute Gasteiger partial charge is 0.344 e. The fourth-order valence-electron chi connectivity index (χ4n) is 2.83. The maximum atomic E-state index is 11.9. The number of carbonyl (C=O) groups is 2. The molecule has 6 nitrogen and oxygen atoms in total. The lowest BCUT2D eigenvalue weighted by Gasteiger charge is -2.34. The van der Waals surface area contributed by atoms with Crippen molar-refractivity contribution < 1.29 is 14.3 Å². The van der Waals surface area contributed by atoms with Crippen LogP contribution in [0.25, 0.3) is 0 Å². The fraction of sp³-hybridized carbons (Fsp3) is 0.562. The molecule has 2 N–H and O–H groups in total. The standard InChI is InChI=1S/C16H22N2O4/c1-10-5-3-7-13(11(10)2)18-14(19)9-22-16(21)12-6-4-8-17-15(12)20/h4,6,8,10-11,13H,3,5,7,9H2,1-2H3,(H,17,20)(H,18,19)/t10-,11-,13-/m1/s1. The van der Waals surface area contributed by atoms with Crippen LogP contribution >= 0.6 is 0 Å². The van der Waals surface area contributed by atoms with Crippen LogP contribution in [0.3, 0.4) is 0 Å². The van der Waals surface area contributed by atoms with E-state index in [9.17, 15) is 14.4 Å². The first kappa shape index (κ1) is 16.3. The maximum Gasteiger partial charge on any atom is 0.344 e. The molecule has 1 fully saturated rings. The van der Waals surface area contributed by atoms with Crippen LogP contribution in [0.15, 0.2) is 23.1 Å². The number of pyridine rings is 1. The zero-order valence-corrected chi connectivity index (χ0v) is 12.9. The Morgan fingerprint density at radius 1 is 1.36 bits per heavy atom. The summed E-state index contributed by atoms with van der Waals surface area (Å²) in [4.78, 5) is 37.5. The lowest BCUT2D eigenvalue weighted by molar-refractivity contribution is -0.125. The number of aromatic amines is 1. The molecule has 0 saturated heterocycles. The summed E-state index contributed by atoms with van der Waals surface area (Å²) in [5, 5.41) is 2.92. The highest BCUT2D eigenvalue weighted by Crippen LogP contribution is 2.29. The number of nitrogens with one attached hydrogen (secondary N) is 2. The summed E-state index contributed by atoms with van der Waals surface area (Å²) in [5.41, 5.74) is -0.627. The van der Waals surface area contributed by atoms with Crippen LogP contribution in [-0.2, 0) is 9.53 Å². The summed E-state index contributed by atoms with van der Waals surface area (Å²) < 4.78 is 4.90. The highest BCUT2D eigenvalue weighted by molar-refractivity contribution is 5.90. The molecule has 0 radical (unpaired) electrons. The van der Waals surface area contributed by atoms with Crippen LogP contribution in [0.1, 0.15) is 43.5 Å². The van der Waals surface area contributed by atoms with Crippen LogP contribution in [0.2, 0.25) is 0 Å². The first-order chi connectivity index (χ1) is 10.5. The van der Waals surface area contributed by atoms with Gasteiger partial charge in [0, 0.05) is 12.2 Å². The summed E-state index contributed by atoms with van der Waals surface area (Å²) in [5.74, 6) is -0.136. The number of H-pyrrole nitrogens is 1. The van der Waals surface area contributed by atoms with Gasteiger partial charge in [0.2, 0.25) is 0 Å². The normalized spacial score (nSPS) is 24.5. The van der Waals surface area contributed by atoms with E-state index >= 15 is 0 Å². The van der Waals surface area contributed by atoms with Crippen molar-refractivity contribution >= 4 is 11.9 Å². The summed E-state index contributed by atoms with van der Waals surface area (Å²) in [7, 11) is 0. The van der Waals surface area contributed by atoms with Gasteiger partial charge in [-0.15, -0.1) is 0 Å². The number of esters is 1. The largest absolute Gasteiger partial charge is 0.452 e. The molecule has 0 spiro atoms. The number of aromatic nitrogens is 1. The minimum absolute atomic E-state index is 0.102. The van der Waals surface area contributed by atoms with Crippen LogP contribution < -0.4 is 10.9 Å². The number of hydrogen-bond acceptors (Lipinski definition) is 4. The van der Waals surface area contributed by atoms with Crippen molar-refractivity contribution in [3.8, 4) is 0 Å². The molecule has 1 aliphatic rings. The molecular weight excluding hydrogens is 284 g/mol. The molecule has 1 aromatic heterocycles. The molecule has 3 atom stereocenters. The minimum Gasteiger partial charge on any atom is -0.452 e. The van der Waals surface area contributed by atoms with Gasteiger partial charge in [0.1, 0.15) is 5.56 Å². The molecule has 1 aliphatic carbocycles. The van der Waals surface area contributed by atoms with E-state index in [4.69, 9.17) is 4.74 Å². The summed E-state index contributed by atoms with van der Waals surface area (Å²) >= 11 is 0. The van der Waals surface area contributed by atoms with Crippen molar-refractivity contribution in [3.63, 3.8) is 0 Å². The van der Waals surface area contributed by atoms with Crippen molar-refractivity contribution in [3.05, 3.63) is 34.2 Å². The third kappa shape index (κ3) is 3.96. The van der Waals surface area contributed by atoms with Gasteiger partial charge in [-0.2, -0.15) is 0 Å². The Hall–Kier alpha value is -2.11. The molecule has 0 bridgehead atoms. The zero-order valence-electron chi connectivity index (χ0n) is 12.9. The second kappa shape index (κ2) is 7.24. The molecule has 0 aliphatic heterocycles. The van der Waals surface area contributed by atoms with Crippen molar-refractivity contribution in [2.24, 2.45) is 11.8 Å². The zero-order chi connectivity index (χ0) is 16.1. The molecular formula is C16H22N2O4. The van der Waals surface area contributed by atoms with Gasteiger partial charge in [-0.05, 0) is 30.4 Å². The number of carbonyl (C=O) groups excluding carboxylic acids is 2. The Morgan fingerprint density at radius 2 is 2.14 bits per heavy atom. The second-order valence-electron chi connectivity index (χ2n) is 5.93. The third-order valence-electron chi connectivity index (χ3n) is 4.43. The highest BCUT2D eigenvalue weighted by Gasteiger charge is 2.28. The number of ether oxygens (including phenoxy) is 1. The Bertz CT molecular complexity index is 596. The molecule has 6 heteroatoms. The van der Waals surface area contributed by atoms with E-state index in [1.807, 2.05) is 0 Å². The van der Waals surface area contributed by atoms with Gasteiger partial charge in [0.15, 0.2) is 6.61 Å². The molecule has 1 amide bonds. The monoisotopic (exact) mass is 306 g/mol. The van der Waals surface area contributed by atoms with Crippen LogP contribution in [-0.4, -0.2) is 29.5 Å². The number of hydrogen-bond donors (Lipinski definition) is 2. The van der Waals surface area contributed by atoms with Crippen molar-refractivity contribution in [2.45, 2.75) is 39.2 Å². The van der Waals surface area contributed by atoms with E-state index in [2.05, 4.69) is 24.1 Å². The predicted molar refractivity (Wildman–Crippen MR) is 81.5 cm³/mol. The van der Waals surface area contributed by atoms with Gasteiger partial charge < -0.3 is 15.0 Å². The van der Waals surface area contributed by atoms with Crippen LogP contribution in [0.5, 0.6) is 0 Å². The molecule has 120 valence electrons. The summed E-state index contributed by atoms with van der Waals surface area (Å²) in [6.45, 7) is 3.94. The highest BCUT2D eigenvalue weighted by atomic mass is 16.5. The molecule has 22 heavy (non-hydrogen) atoms. The lowest BCUT2D eigenvalue weighted by atomic mass is 9.78. The van der Waals surface area contributed by atoms with E-state index in [0.717, 1.165) is 12.8 Å². The Labute approximate surface area is 129 Å². The molecule has 1 aromatic rings. The Kier molecular flexibility index (Phi) is 5.35. The van der Waals surface area contributed by atoms with Gasteiger partial charge in [-0.3, -0.25) is 9.59 Å². The molecule has 2 rings (SSSR count). The number of amides is 1. The average molecular weight is 306 g/mol. The molecule has 0 aromatic carbocycles. The van der Waals surface area contributed by atoms with Crippen molar-refractivity contribution in [1.82, 2.24) is 10.3 Å². The first-order valence-corrected chi connectivity index (χ1v) is 7.63. The first-order valence-electron chi connectivity index (χ1n) is 7.63. The Balaban J connectivity index is 1.84. The Morgan fingerprint density at radius 3 is 2.86 bits per heavy atom. The molecule has 1 saturated carbocycles. The van der Waals surface area contributed by atoms with E-state index in [1.165, 1.54) is 24.8 Å². The predicted octanol–water partition coefficient (Wildman–Crippen LogP) is 1.47. The van der Waals surface area contributed by atoms with Crippen LogP contribution in [0, 0.1) is 11.8 Å². The van der Waals surface area contributed by atoms with Gasteiger partial charge in [0.25, 0.3) is 11.5 Å². The van der Waals surface area contributed by atoms with Gasteiger partial charge in [0.05, 0.1) is 0 Å². The van der Waals surface area contributed by atoms with Crippen molar-refractivity contribution in [1.29, 1.82) is 0 Å². The summed E-state index contributed by atoms with van der Waals surface area (Å²) in [6.07, 6.45) is 4.65. The number of rotatable bonds is 4. The van der Waals surface area contributed by atoms with Crippen molar-refractivity contribution in [2.75, 3.05) is 6.61 Å². The minimum atomic E-state index is -0.790. The molecule has 1 heterocycles. The quantitative estimate of drug-likeness (QED) is 0.825. The third-order valence-corrected chi connectivity index (χ3v) is 4.43. The van der Waals surface area contributed by atoms with E-state index in [1.54, 1.807) is 0 Å². The topological polar surface area (TPSA) is 88.3 Å². The van der Waals surface area contributed by atoms with Gasteiger partial charge in [-0.25, -0.2) is 4.79 Å². The maximum absolute atomic E-state index is 11.9. The van der Waals surface area contributed by atoms with E-state index in [0.29, 0.717) is 11.8 Å². The van der Waals surface area contributed by atoms with E-state index < -0.39 is 11.5 Å². The molecule has 0 unspecified atom stereocenters. The lowest BCUT2D eigenvalue weighted by Crippen LogP contribution is -2.45. The van der Waals surface area contributed by atoms with Gasteiger partial charge in [-0.1, -0.05) is 26.7 Å². The van der Waals surface area contributed by atoms with Gasteiger partial charge >= 0.3 is 5.97 Å². The second-order valence-corrected chi connectivity index (χ2v) is 5.93. The SMILES string of the molecule is C[C@@H]1[C@H](C)CCC[C@H]1NC(=O)COC(=O)c1ccc[nH]c1=O. The summed E-state index contributed by atoms with van der Waals surface area (Å²) in [6, 6.07) is 3.02. The fourth-order valence-corrected chi connectivity index (χ4v) is 2.83. The van der Waals surface area contributed by atoms with Crippen LogP contribution in [0.4, 0.5) is 0 Å². The average Bonchev–Trinajstić information content (AvgIpc) is 2.50.